The van der Waals surface area contributed by atoms with Crippen molar-refractivity contribution < 1.29 is 35.5 Å². The lowest BCUT2D eigenvalue weighted by Gasteiger charge is -2.45. The minimum atomic E-state index is -4.60. The number of ether oxygens (including phenoxy) is 1. The van der Waals surface area contributed by atoms with Crippen LogP contribution in [0.2, 0.25) is 0 Å². The van der Waals surface area contributed by atoms with Crippen molar-refractivity contribution in [2.24, 2.45) is 0 Å². The Bertz CT molecular complexity index is 1420. The number of nitrogens with zero attached hydrogens (tertiary/aromatic N) is 3. The summed E-state index contributed by atoms with van der Waals surface area (Å²) in [6.07, 6.45) is 6.65. The van der Waals surface area contributed by atoms with Crippen molar-refractivity contribution in [2.45, 2.75) is 92.8 Å². The Kier molecular flexibility index (Phi) is 8.47. The van der Waals surface area contributed by atoms with Gasteiger partial charge in [-0.2, -0.15) is 4.31 Å². The van der Waals surface area contributed by atoms with E-state index in [1.165, 1.54) is 19.3 Å². The third-order valence-electron chi connectivity index (χ3n) is 9.52. The molecule has 3 heterocycles. The van der Waals surface area contributed by atoms with Gasteiger partial charge in [-0.3, -0.25) is 0 Å². The van der Waals surface area contributed by atoms with Crippen molar-refractivity contribution in [3.05, 3.63) is 65.2 Å². The highest BCUT2D eigenvalue weighted by Crippen LogP contribution is 2.53. The molecule has 12 heteroatoms. The number of rotatable bonds is 6. The Balaban J connectivity index is 1.27. The van der Waals surface area contributed by atoms with Crippen LogP contribution in [0.25, 0.3) is 0 Å². The molecular formula is C31H37F4N3O4S. The molecule has 1 saturated carbocycles. The average Bonchev–Trinajstić information content (AvgIpc) is 3.76. The number of benzene rings is 2. The largest absolute Gasteiger partial charge is 0.441 e. The number of amides is 1. The van der Waals surface area contributed by atoms with Crippen LogP contribution in [0.15, 0.2) is 41.3 Å². The van der Waals surface area contributed by atoms with Crippen molar-refractivity contribution in [2.75, 3.05) is 26.2 Å². The highest BCUT2D eigenvalue weighted by molar-refractivity contribution is 7.89. The van der Waals surface area contributed by atoms with E-state index in [1.54, 1.807) is 4.90 Å². The van der Waals surface area contributed by atoms with Gasteiger partial charge in [0.05, 0.1) is 17.0 Å². The Morgan fingerprint density at radius 3 is 1.91 bits per heavy atom. The zero-order valence-corrected chi connectivity index (χ0v) is 24.8. The van der Waals surface area contributed by atoms with E-state index >= 15 is 0 Å². The van der Waals surface area contributed by atoms with Crippen LogP contribution in [0.5, 0.6) is 0 Å². The predicted molar refractivity (Wildman–Crippen MR) is 151 cm³/mol. The summed E-state index contributed by atoms with van der Waals surface area (Å²) < 4.78 is 92.6. The van der Waals surface area contributed by atoms with Gasteiger partial charge in [0.25, 0.3) is 0 Å². The summed E-state index contributed by atoms with van der Waals surface area (Å²) in [4.78, 5) is 17.0. The standard InChI is InChI=1S/C31H37F4N3O4S/c32-22-15-21(16-23(33)17-22)28-5-4-6-29(38(28)43(40,41)27-19-24(34)18-25(35)20-27)31(9-10-31)42-30(39)37-13-7-26(8-14-37)36-11-2-1-3-12-36/h15-20,26,28-29H,1-14H2. The normalized spacial score (nSPS) is 25.4. The summed E-state index contributed by atoms with van der Waals surface area (Å²) >= 11 is 0. The van der Waals surface area contributed by atoms with Gasteiger partial charge >= 0.3 is 6.09 Å². The molecule has 2 atom stereocenters. The molecule has 1 aliphatic carbocycles. The van der Waals surface area contributed by atoms with E-state index in [0.717, 1.165) is 54.5 Å². The van der Waals surface area contributed by atoms with Crippen molar-refractivity contribution in [3.8, 4) is 0 Å². The number of sulfonamides is 1. The van der Waals surface area contributed by atoms with Crippen molar-refractivity contribution in [1.82, 2.24) is 14.1 Å². The lowest BCUT2D eigenvalue weighted by molar-refractivity contribution is -0.0144. The highest BCUT2D eigenvalue weighted by Gasteiger charge is 2.60. The summed E-state index contributed by atoms with van der Waals surface area (Å²) in [7, 11) is -4.60. The van der Waals surface area contributed by atoms with Crippen molar-refractivity contribution in [1.29, 1.82) is 0 Å². The number of carbonyl (C=O) groups is 1. The zero-order chi connectivity index (χ0) is 30.4. The van der Waals surface area contributed by atoms with Crippen molar-refractivity contribution in [3.63, 3.8) is 0 Å². The minimum absolute atomic E-state index is 0.0876. The summed E-state index contributed by atoms with van der Waals surface area (Å²) in [5, 5.41) is 0. The van der Waals surface area contributed by atoms with Crippen LogP contribution in [0.4, 0.5) is 22.4 Å². The van der Waals surface area contributed by atoms with Gasteiger partial charge < -0.3 is 14.5 Å². The molecule has 7 nitrogen and oxygen atoms in total. The molecule has 0 aromatic heterocycles. The summed E-state index contributed by atoms with van der Waals surface area (Å²) in [6.45, 7) is 3.23. The molecule has 2 aromatic carbocycles. The molecular weight excluding hydrogens is 586 g/mol. The second kappa shape index (κ2) is 12.0. The molecule has 43 heavy (non-hydrogen) atoms. The van der Waals surface area contributed by atoms with E-state index in [0.29, 0.717) is 56.9 Å². The van der Waals surface area contributed by atoms with E-state index in [4.69, 9.17) is 4.74 Å². The van der Waals surface area contributed by atoms with Gasteiger partial charge in [-0.1, -0.05) is 6.42 Å². The van der Waals surface area contributed by atoms with E-state index in [-0.39, 0.29) is 12.0 Å². The molecule has 6 rings (SSSR count). The van der Waals surface area contributed by atoms with Crippen LogP contribution in [-0.4, -0.2) is 72.5 Å². The Morgan fingerprint density at radius 1 is 0.744 bits per heavy atom. The second-order valence-electron chi connectivity index (χ2n) is 12.4. The number of hydrogen-bond donors (Lipinski definition) is 0. The molecule has 2 unspecified atom stereocenters. The van der Waals surface area contributed by atoms with E-state index in [2.05, 4.69) is 4.90 Å². The average molecular weight is 624 g/mol. The maximum Gasteiger partial charge on any atom is 0.410 e. The molecule has 4 fully saturated rings. The Morgan fingerprint density at radius 2 is 1.33 bits per heavy atom. The quantitative estimate of drug-likeness (QED) is 0.362. The van der Waals surface area contributed by atoms with Gasteiger partial charge in [-0.25, -0.2) is 30.8 Å². The second-order valence-corrected chi connectivity index (χ2v) is 14.2. The summed E-state index contributed by atoms with van der Waals surface area (Å²) in [6, 6.07) is 3.38. The van der Waals surface area contributed by atoms with Crippen LogP contribution in [0, 0.1) is 23.3 Å². The van der Waals surface area contributed by atoms with E-state index in [1.807, 2.05) is 0 Å². The molecule has 1 amide bonds. The predicted octanol–water partition coefficient (Wildman–Crippen LogP) is 6.15. The fraction of sp³-hybridized carbons (Fsp3) is 0.581. The van der Waals surface area contributed by atoms with Crippen LogP contribution in [-0.2, 0) is 14.8 Å². The van der Waals surface area contributed by atoms with Gasteiger partial charge in [0.1, 0.15) is 28.9 Å². The number of piperidine rings is 3. The lowest BCUT2D eigenvalue weighted by Crippen LogP contribution is -2.55. The number of carbonyl (C=O) groups excluding carboxylic acids is 1. The SMILES string of the molecule is O=C(OC1(C2CCCC(c3cc(F)cc(F)c3)N2S(=O)(=O)c2cc(F)cc(F)c2)CC1)N1CCC(N2CCCCC2)CC1. The fourth-order valence-electron chi connectivity index (χ4n) is 7.25. The smallest absolute Gasteiger partial charge is 0.410 e. The van der Waals surface area contributed by atoms with Crippen LogP contribution in [0.3, 0.4) is 0 Å². The fourth-order valence-corrected chi connectivity index (χ4v) is 9.21. The Labute approximate surface area is 249 Å². The molecule has 4 aliphatic rings. The number of halogens is 4. The first kappa shape index (κ1) is 30.3. The van der Waals surface area contributed by atoms with Gasteiger partial charge in [0, 0.05) is 31.3 Å². The Hall–Kier alpha value is -2.70. The zero-order valence-electron chi connectivity index (χ0n) is 24.0. The number of likely N-dealkylation sites (tertiary alicyclic amines) is 2. The van der Waals surface area contributed by atoms with E-state index < -0.39 is 62.0 Å². The topological polar surface area (TPSA) is 70.2 Å². The monoisotopic (exact) mass is 623 g/mol. The van der Waals surface area contributed by atoms with Crippen molar-refractivity contribution >= 4 is 16.1 Å². The molecule has 0 radical (unpaired) electrons. The minimum Gasteiger partial charge on any atom is -0.441 e. The third kappa shape index (κ3) is 6.28. The first-order valence-electron chi connectivity index (χ1n) is 15.2. The van der Waals surface area contributed by atoms with Gasteiger partial charge in [0.15, 0.2) is 0 Å². The van der Waals surface area contributed by atoms with Gasteiger partial charge in [-0.05, 0) is 101 Å². The van der Waals surface area contributed by atoms with Crippen LogP contribution >= 0.6 is 0 Å². The lowest BCUT2D eigenvalue weighted by atomic mass is 9.90. The molecule has 2 aromatic rings. The first-order valence-corrected chi connectivity index (χ1v) is 16.7. The molecule has 0 N–H and O–H groups in total. The maximum atomic E-state index is 14.3. The maximum absolute atomic E-state index is 14.3. The number of hydrogen-bond acceptors (Lipinski definition) is 5. The van der Waals surface area contributed by atoms with Gasteiger partial charge in [-0.15, -0.1) is 0 Å². The molecule has 0 spiro atoms. The summed E-state index contributed by atoms with van der Waals surface area (Å²) in [5.74, 6) is -3.87. The van der Waals surface area contributed by atoms with Gasteiger partial charge in [0.2, 0.25) is 10.0 Å². The van der Waals surface area contributed by atoms with E-state index in [9.17, 15) is 30.8 Å². The summed E-state index contributed by atoms with van der Waals surface area (Å²) in [5.41, 5.74) is -1.06. The molecule has 3 aliphatic heterocycles. The first-order chi connectivity index (χ1) is 20.6. The molecule has 3 saturated heterocycles. The third-order valence-corrected chi connectivity index (χ3v) is 11.4. The van der Waals surface area contributed by atoms with Crippen LogP contribution in [0.1, 0.15) is 75.8 Å². The molecule has 0 bridgehead atoms. The molecule has 234 valence electrons. The van der Waals surface area contributed by atoms with Crippen LogP contribution < -0.4 is 0 Å². The highest BCUT2D eigenvalue weighted by atomic mass is 32.2.